The molecule has 0 saturated carbocycles. The van der Waals surface area contributed by atoms with Gasteiger partial charge in [-0.1, -0.05) is 30.3 Å². The van der Waals surface area contributed by atoms with Gasteiger partial charge in [-0.05, 0) is 55.2 Å². The van der Waals surface area contributed by atoms with E-state index in [0.717, 1.165) is 17.7 Å². The Morgan fingerprint density at radius 2 is 1.70 bits per heavy atom. The van der Waals surface area contributed by atoms with Crippen molar-refractivity contribution in [2.45, 2.75) is 45.6 Å². The number of rotatable bonds is 4. The molecule has 0 atom stereocenters. The van der Waals surface area contributed by atoms with E-state index in [4.69, 9.17) is 10.5 Å². The minimum Gasteiger partial charge on any atom is -0.444 e. The number of nitrogens with one attached hydrogen (secondary N) is 1. The number of nitrogens with two attached hydrogens (primary N) is 1. The molecule has 0 bridgehead atoms. The average molecular weight is 380 g/mol. The summed E-state index contributed by atoms with van der Waals surface area (Å²) in [6.45, 7) is 5.58. The Morgan fingerprint density at radius 1 is 1.07 bits per heavy atom. The quantitative estimate of drug-likeness (QED) is 0.796. The van der Waals surface area contributed by atoms with Crippen LogP contribution >= 0.6 is 0 Å². The minimum atomic E-state index is -4.46. The first-order chi connectivity index (χ1) is 12.5. The number of benzene rings is 2. The molecule has 2 rings (SSSR count). The van der Waals surface area contributed by atoms with E-state index in [1.807, 2.05) is 0 Å². The predicted molar refractivity (Wildman–Crippen MR) is 97.8 cm³/mol. The van der Waals surface area contributed by atoms with E-state index >= 15 is 0 Å². The first kappa shape index (κ1) is 20.8. The van der Waals surface area contributed by atoms with Gasteiger partial charge in [-0.15, -0.1) is 0 Å². The van der Waals surface area contributed by atoms with Crippen LogP contribution in [0, 0.1) is 0 Å². The average Bonchev–Trinajstić information content (AvgIpc) is 2.57. The minimum absolute atomic E-state index is 0.0427. The van der Waals surface area contributed by atoms with Crippen molar-refractivity contribution < 1.29 is 22.7 Å². The first-order valence-corrected chi connectivity index (χ1v) is 8.46. The maximum atomic E-state index is 13.1. The fourth-order valence-corrected chi connectivity index (χ4v) is 2.48. The number of hydrogen-bond acceptors (Lipinski definition) is 3. The molecule has 2 aromatic carbocycles. The van der Waals surface area contributed by atoms with Crippen LogP contribution in [0.15, 0.2) is 42.5 Å². The molecule has 7 heteroatoms. The van der Waals surface area contributed by atoms with Gasteiger partial charge in [0.15, 0.2) is 0 Å². The topological polar surface area (TPSA) is 64.3 Å². The zero-order valence-corrected chi connectivity index (χ0v) is 15.5. The van der Waals surface area contributed by atoms with Crippen LogP contribution in [0.5, 0.6) is 0 Å². The molecule has 1 amide bonds. The number of alkyl carbamates (subject to hydrolysis) is 1. The molecule has 0 aromatic heterocycles. The van der Waals surface area contributed by atoms with Gasteiger partial charge in [0.2, 0.25) is 0 Å². The molecule has 2 aromatic rings. The molecule has 0 aliphatic rings. The number of ether oxygens (including phenoxy) is 1. The summed E-state index contributed by atoms with van der Waals surface area (Å²) in [5.41, 5.74) is 6.59. The predicted octanol–water partition coefficient (Wildman–Crippen LogP) is 4.86. The summed E-state index contributed by atoms with van der Waals surface area (Å²) in [5, 5.41) is 2.58. The molecule has 0 unspecified atom stereocenters. The lowest BCUT2D eigenvalue weighted by molar-refractivity contribution is -0.137. The molecular formula is C20H23F3N2O2. The van der Waals surface area contributed by atoms with Crippen LogP contribution in [0.25, 0.3) is 11.1 Å². The standard InChI is InChI=1S/C20H23F3N2O2/c1-19(2,3)27-18(26)25-12-15-8-9-16(20(21,22)23)10-17(15)14-6-4-13(11-24)5-7-14/h4-10H,11-12,24H2,1-3H3,(H,25,26). The highest BCUT2D eigenvalue weighted by molar-refractivity contribution is 5.71. The van der Waals surface area contributed by atoms with Crippen LogP contribution in [0.3, 0.4) is 0 Å². The molecule has 0 aliphatic heterocycles. The molecule has 0 saturated heterocycles. The van der Waals surface area contributed by atoms with Crippen molar-refractivity contribution in [3.63, 3.8) is 0 Å². The van der Waals surface area contributed by atoms with Gasteiger partial charge in [0, 0.05) is 13.1 Å². The van der Waals surface area contributed by atoms with Crippen LogP contribution in [0.2, 0.25) is 0 Å². The van der Waals surface area contributed by atoms with Crippen molar-refractivity contribution in [3.8, 4) is 11.1 Å². The van der Waals surface area contributed by atoms with E-state index < -0.39 is 23.4 Å². The number of carbonyl (C=O) groups is 1. The summed E-state index contributed by atoms with van der Waals surface area (Å²) in [7, 11) is 0. The SMILES string of the molecule is CC(C)(C)OC(=O)NCc1ccc(C(F)(F)F)cc1-c1ccc(CN)cc1. The van der Waals surface area contributed by atoms with Crippen molar-refractivity contribution in [1.29, 1.82) is 0 Å². The summed E-state index contributed by atoms with van der Waals surface area (Å²) >= 11 is 0. The summed E-state index contributed by atoms with van der Waals surface area (Å²) < 4.78 is 44.6. The number of hydrogen-bond donors (Lipinski definition) is 2. The van der Waals surface area contributed by atoms with Gasteiger partial charge in [-0.25, -0.2) is 4.79 Å². The van der Waals surface area contributed by atoms with E-state index in [2.05, 4.69) is 5.32 Å². The van der Waals surface area contributed by atoms with E-state index in [0.29, 0.717) is 23.2 Å². The number of alkyl halides is 3. The molecule has 0 spiro atoms. The van der Waals surface area contributed by atoms with Gasteiger partial charge in [0.1, 0.15) is 5.60 Å². The molecule has 0 aliphatic carbocycles. The molecule has 146 valence electrons. The van der Waals surface area contributed by atoms with E-state index in [1.54, 1.807) is 45.0 Å². The van der Waals surface area contributed by atoms with Crippen molar-refractivity contribution >= 4 is 6.09 Å². The zero-order chi connectivity index (χ0) is 20.2. The smallest absolute Gasteiger partial charge is 0.416 e. The maximum absolute atomic E-state index is 13.1. The Hall–Kier alpha value is -2.54. The second-order valence-electron chi connectivity index (χ2n) is 7.13. The van der Waals surface area contributed by atoms with Crippen LogP contribution in [-0.4, -0.2) is 11.7 Å². The third-order valence-electron chi connectivity index (χ3n) is 3.76. The fraction of sp³-hybridized carbons (Fsp3) is 0.350. The normalized spacial score (nSPS) is 12.0. The van der Waals surface area contributed by atoms with Gasteiger partial charge in [-0.2, -0.15) is 13.2 Å². The summed E-state index contributed by atoms with van der Waals surface area (Å²) in [4.78, 5) is 11.9. The Kier molecular flexibility index (Phi) is 6.15. The number of halogens is 3. The van der Waals surface area contributed by atoms with E-state index in [1.165, 1.54) is 6.07 Å². The first-order valence-electron chi connectivity index (χ1n) is 8.46. The molecule has 0 fully saturated rings. The second-order valence-corrected chi connectivity index (χ2v) is 7.13. The van der Waals surface area contributed by atoms with Gasteiger partial charge < -0.3 is 15.8 Å². The molecule has 27 heavy (non-hydrogen) atoms. The third-order valence-corrected chi connectivity index (χ3v) is 3.76. The summed E-state index contributed by atoms with van der Waals surface area (Å²) in [6.07, 6.45) is -5.09. The van der Waals surface area contributed by atoms with Gasteiger partial charge in [-0.3, -0.25) is 0 Å². The fourth-order valence-electron chi connectivity index (χ4n) is 2.48. The van der Waals surface area contributed by atoms with Crippen molar-refractivity contribution in [2.24, 2.45) is 5.73 Å². The Labute approximate surface area is 156 Å². The molecule has 4 nitrogen and oxygen atoms in total. The van der Waals surface area contributed by atoms with Gasteiger partial charge in [0.25, 0.3) is 0 Å². The van der Waals surface area contributed by atoms with Gasteiger partial charge in [0.05, 0.1) is 5.56 Å². The Bertz CT molecular complexity index is 794. The zero-order valence-electron chi connectivity index (χ0n) is 15.5. The number of amides is 1. The van der Waals surface area contributed by atoms with Gasteiger partial charge >= 0.3 is 12.3 Å². The van der Waals surface area contributed by atoms with Crippen molar-refractivity contribution in [2.75, 3.05) is 0 Å². The number of carbonyl (C=O) groups excluding carboxylic acids is 1. The van der Waals surface area contributed by atoms with E-state index in [9.17, 15) is 18.0 Å². The highest BCUT2D eigenvalue weighted by Gasteiger charge is 2.31. The largest absolute Gasteiger partial charge is 0.444 e. The maximum Gasteiger partial charge on any atom is 0.416 e. The highest BCUT2D eigenvalue weighted by Crippen LogP contribution is 2.34. The van der Waals surface area contributed by atoms with Crippen LogP contribution in [0.4, 0.5) is 18.0 Å². The lowest BCUT2D eigenvalue weighted by Gasteiger charge is -2.20. The summed E-state index contributed by atoms with van der Waals surface area (Å²) in [5.74, 6) is 0. The van der Waals surface area contributed by atoms with Crippen molar-refractivity contribution in [1.82, 2.24) is 5.32 Å². The molecule has 3 N–H and O–H groups in total. The monoisotopic (exact) mass is 380 g/mol. The summed E-state index contributed by atoms with van der Waals surface area (Å²) in [6, 6.07) is 10.4. The Morgan fingerprint density at radius 3 is 2.22 bits per heavy atom. The molecule has 0 heterocycles. The van der Waals surface area contributed by atoms with E-state index in [-0.39, 0.29) is 6.54 Å². The third kappa shape index (κ3) is 5.99. The lowest BCUT2D eigenvalue weighted by atomic mass is 9.96. The second kappa shape index (κ2) is 8.00. The molecular weight excluding hydrogens is 357 g/mol. The van der Waals surface area contributed by atoms with Crippen LogP contribution < -0.4 is 11.1 Å². The lowest BCUT2D eigenvalue weighted by Crippen LogP contribution is -2.32. The Balaban J connectivity index is 2.33. The highest BCUT2D eigenvalue weighted by atomic mass is 19.4. The van der Waals surface area contributed by atoms with Crippen LogP contribution in [-0.2, 0) is 24.0 Å². The van der Waals surface area contributed by atoms with Crippen LogP contribution in [0.1, 0.15) is 37.5 Å². The van der Waals surface area contributed by atoms with Crippen molar-refractivity contribution in [3.05, 3.63) is 59.2 Å². The molecule has 0 radical (unpaired) electrons.